The number of anilines is 1. The molecule has 194 valence electrons. The van der Waals surface area contributed by atoms with Gasteiger partial charge in [-0.05, 0) is 55.3 Å². The van der Waals surface area contributed by atoms with E-state index in [9.17, 15) is 31.5 Å². The molecule has 0 aliphatic carbocycles. The number of carbonyl (C=O) groups is 2. The standard InChI is InChI=1S/C25H25N3O7S2/c1-15-24(36(32,33)16-7-5-4-6-8-16)18(10-12-23(29)30)22(26-15)14-20-19-13-17(37(34,35)28(2)3)9-11-21(19)27-25(20)31/h4-9,11,13-14,26H,10,12H2,1-3H3,(H,27,31)(H,29,30)/b20-14-. The third-order valence-electron chi connectivity index (χ3n) is 6.01. The van der Waals surface area contributed by atoms with Gasteiger partial charge >= 0.3 is 5.97 Å². The highest BCUT2D eigenvalue weighted by Crippen LogP contribution is 2.37. The second-order valence-corrected chi connectivity index (χ2v) is 12.7. The van der Waals surface area contributed by atoms with Crippen LogP contribution in [0.5, 0.6) is 0 Å². The lowest BCUT2D eigenvalue weighted by molar-refractivity contribution is -0.137. The van der Waals surface area contributed by atoms with Crippen LogP contribution in [0.1, 0.15) is 28.9 Å². The molecule has 2 aromatic carbocycles. The number of rotatable bonds is 8. The van der Waals surface area contributed by atoms with Gasteiger partial charge in [0.15, 0.2) is 0 Å². The van der Waals surface area contributed by atoms with Gasteiger partial charge in [0, 0.05) is 43.2 Å². The van der Waals surface area contributed by atoms with Crippen LogP contribution in [-0.4, -0.2) is 57.2 Å². The minimum atomic E-state index is -4.01. The molecule has 0 bridgehead atoms. The molecule has 1 aliphatic heterocycles. The number of sulfone groups is 1. The average Bonchev–Trinajstić information content (AvgIpc) is 3.33. The third-order valence-corrected chi connectivity index (χ3v) is 9.81. The number of amides is 1. The molecule has 0 radical (unpaired) electrons. The summed E-state index contributed by atoms with van der Waals surface area (Å²) in [5.41, 5.74) is 1.63. The summed E-state index contributed by atoms with van der Waals surface area (Å²) < 4.78 is 53.4. The van der Waals surface area contributed by atoms with Crippen LogP contribution < -0.4 is 5.32 Å². The Kier molecular flexibility index (Phi) is 6.84. The van der Waals surface area contributed by atoms with E-state index in [0.717, 1.165) is 4.31 Å². The number of aryl methyl sites for hydroxylation is 1. The summed E-state index contributed by atoms with van der Waals surface area (Å²) in [6, 6.07) is 12.0. The van der Waals surface area contributed by atoms with Gasteiger partial charge in [-0.15, -0.1) is 0 Å². The first kappa shape index (κ1) is 26.3. The second-order valence-electron chi connectivity index (χ2n) is 8.69. The number of hydrogen-bond acceptors (Lipinski definition) is 6. The predicted octanol–water partition coefficient (Wildman–Crippen LogP) is 2.92. The second kappa shape index (κ2) is 9.61. The first-order chi connectivity index (χ1) is 17.3. The smallest absolute Gasteiger partial charge is 0.303 e. The zero-order valence-corrected chi connectivity index (χ0v) is 21.9. The molecule has 1 aliphatic rings. The summed E-state index contributed by atoms with van der Waals surface area (Å²) in [5, 5.41) is 12.0. The number of carboxylic acid groups (broad SMARTS) is 1. The molecule has 0 saturated carbocycles. The minimum Gasteiger partial charge on any atom is -0.481 e. The zero-order valence-electron chi connectivity index (χ0n) is 20.3. The van der Waals surface area contributed by atoms with Crippen molar-refractivity contribution < 1.29 is 31.5 Å². The van der Waals surface area contributed by atoms with Crippen molar-refractivity contribution >= 4 is 49.1 Å². The molecule has 0 spiro atoms. The number of sulfonamides is 1. The quantitative estimate of drug-likeness (QED) is 0.369. The van der Waals surface area contributed by atoms with Gasteiger partial charge in [-0.2, -0.15) is 0 Å². The number of fused-ring (bicyclic) bond motifs is 1. The van der Waals surface area contributed by atoms with Crippen molar-refractivity contribution in [2.45, 2.75) is 34.5 Å². The number of aromatic amines is 1. The van der Waals surface area contributed by atoms with Crippen LogP contribution in [0, 0.1) is 6.92 Å². The maximum atomic E-state index is 13.5. The Morgan fingerprint density at radius 3 is 2.32 bits per heavy atom. The van der Waals surface area contributed by atoms with E-state index < -0.39 is 31.7 Å². The zero-order chi connectivity index (χ0) is 27.1. The van der Waals surface area contributed by atoms with Crippen molar-refractivity contribution in [1.29, 1.82) is 0 Å². The summed E-state index contributed by atoms with van der Waals surface area (Å²) in [4.78, 5) is 27.2. The summed E-state index contributed by atoms with van der Waals surface area (Å²) >= 11 is 0. The van der Waals surface area contributed by atoms with Gasteiger partial charge in [-0.25, -0.2) is 21.1 Å². The number of nitrogens with zero attached hydrogens (tertiary/aromatic N) is 1. The highest BCUT2D eigenvalue weighted by molar-refractivity contribution is 7.91. The molecule has 1 aromatic heterocycles. The van der Waals surface area contributed by atoms with Crippen LogP contribution in [0.3, 0.4) is 0 Å². The van der Waals surface area contributed by atoms with Crippen molar-refractivity contribution in [3.8, 4) is 0 Å². The lowest BCUT2D eigenvalue weighted by atomic mass is 10.0. The normalized spacial score (nSPS) is 14.7. The van der Waals surface area contributed by atoms with E-state index in [2.05, 4.69) is 10.3 Å². The van der Waals surface area contributed by atoms with Crippen molar-refractivity contribution in [2.75, 3.05) is 19.4 Å². The molecule has 4 rings (SSSR count). The number of carbonyl (C=O) groups excluding carboxylic acids is 1. The van der Waals surface area contributed by atoms with Gasteiger partial charge in [-0.3, -0.25) is 9.59 Å². The van der Waals surface area contributed by atoms with Crippen LogP contribution in [0.15, 0.2) is 63.2 Å². The van der Waals surface area contributed by atoms with Crippen molar-refractivity contribution in [3.05, 3.63) is 71.0 Å². The number of H-pyrrole nitrogens is 1. The highest BCUT2D eigenvalue weighted by Gasteiger charge is 2.31. The molecule has 0 saturated heterocycles. The molecule has 1 amide bonds. The van der Waals surface area contributed by atoms with Crippen LogP contribution in [-0.2, 0) is 35.9 Å². The number of aliphatic carboxylic acids is 1. The minimum absolute atomic E-state index is 0.0141. The molecular formula is C25H25N3O7S2. The van der Waals surface area contributed by atoms with Crippen LogP contribution in [0.4, 0.5) is 5.69 Å². The van der Waals surface area contributed by atoms with Gasteiger partial charge in [0.25, 0.3) is 5.91 Å². The van der Waals surface area contributed by atoms with Crippen molar-refractivity contribution in [1.82, 2.24) is 9.29 Å². The molecule has 3 N–H and O–H groups in total. The Labute approximate surface area is 214 Å². The van der Waals surface area contributed by atoms with Gasteiger partial charge in [0.2, 0.25) is 19.9 Å². The summed E-state index contributed by atoms with van der Waals surface area (Å²) in [5.74, 6) is -1.61. The predicted molar refractivity (Wildman–Crippen MR) is 137 cm³/mol. The van der Waals surface area contributed by atoms with Crippen molar-refractivity contribution in [2.24, 2.45) is 0 Å². The summed E-state index contributed by atoms with van der Waals surface area (Å²) in [6.45, 7) is 1.56. The van der Waals surface area contributed by atoms with E-state index >= 15 is 0 Å². The maximum absolute atomic E-state index is 13.5. The lowest BCUT2D eigenvalue weighted by Gasteiger charge is -2.12. The monoisotopic (exact) mass is 543 g/mol. The fourth-order valence-electron chi connectivity index (χ4n) is 4.19. The Morgan fingerprint density at radius 2 is 1.70 bits per heavy atom. The van der Waals surface area contributed by atoms with Crippen LogP contribution in [0.25, 0.3) is 11.6 Å². The van der Waals surface area contributed by atoms with E-state index in [-0.39, 0.29) is 44.4 Å². The Morgan fingerprint density at radius 1 is 1.03 bits per heavy atom. The molecule has 0 fully saturated rings. The average molecular weight is 544 g/mol. The molecule has 37 heavy (non-hydrogen) atoms. The molecule has 12 heteroatoms. The van der Waals surface area contributed by atoms with E-state index in [0.29, 0.717) is 16.9 Å². The first-order valence-corrected chi connectivity index (χ1v) is 14.1. The van der Waals surface area contributed by atoms with Gasteiger partial charge in [0.1, 0.15) is 0 Å². The summed E-state index contributed by atoms with van der Waals surface area (Å²) in [7, 11) is -4.99. The van der Waals surface area contributed by atoms with E-state index in [1.807, 2.05) is 0 Å². The molecule has 3 aromatic rings. The third kappa shape index (κ3) is 4.82. The van der Waals surface area contributed by atoms with Gasteiger partial charge in [-0.1, -0.05) is 18.2 Å². The fraction of sp³-hybridized carbons (Fsp3) is 0.200. The highest BCUT2D eigenvalue weighted by atomic mass is 32.2. The number of hydrogen-bond donors (Lipinski definition) is 3. The molecule has 0 unspecified atom stereocenters. The number of carboxylic acids is 1. The Bertz CT molecular complexity index is 1650. The molecule has 10 nitrogen and oxygen atoms in total. The number of aromatic nitrogens is 1. The largest absolute Gasteiger partial charge is 0.481 e. The topological polar surface area (TPSA) is 154 Å². The Balaban J connectivity index is 1.91. The Hall–Kier alpha value is -3.74. The number of nitrogens with one attached hydrogen (secondary N) is 2. The summed E-state index contributed by atoms with van der Waals surface area (Å²) in [6.07, 6.45) is 0.990. The van der Waals surface area contributed by atoms with Crippen LogP contribution in [0.2, 0.25) is 0 Å². The van der Waals surface area contributed by atoms with Gasteiger partial charge < -0.3 is 15.4 Å². The first-order valence-electron chi connectivity index (χ1n) is 11.2. The number of benzene rings is 2. The van der Waals surface area contributed by atoms with Gasteiger partial charge in [0.05, 0.1) is 20.3 Å². The fourth-order valence-corrected chi connectivity index (χ4v) is 6.86. The van der Waals surface area contributed by atoms with E-state index in [1.54, 1.807) is 25.1 Å². The van der Waals surface area contributed by atoms with E-state index in [1.165, 1.54) is 50.5 Å². The lowest BCUT2D eigenvalue weighted by Crippen LogP contribution is -2.22. The molecule has 0 atom stereocenters. The molecular weight excluding hydrogens is 518 g/mol. The van der Waals surface area contributed by atoms with Crippen LogP contribution >= 0.6 is 0 Å². The van der Waals surface area contributed by atoms with Crippen molar-refractivity contribution in [3.63, 3.8) is 0 Å². The SMILES string of the molecule is Cc1[nH]c(/C=C2\C(=O)Nc3ccc(S(=O)(=O)N(C)C)cc32)c(CCC(=O)O)c1S(=O)(=O)c1ccccc1. The maximum Gasteiger partial charge on any atom is 0.303 e. The molecule has 2 heterocycles. The van der Waals surface area contributed by atoms with E-state index in [4.69, 9.17) is 0 Å².